The number of aliphatic carboxylic acids is 1. The van der Waals surface area contributed by atoms with Crippen LogP contribution in [0.1, 0.15) is 38.5 Å². The fourth-order valence-corrected chi connectivity index (χ4v) is 4.95. The van der Waals surface area contributed by atoms with Crippen LogP contribution in [0.5, 0.6) is 23.0 Å². The molecule has 1 saturated carbocycles. The summed E-state index contributed by atoms with van der Waals surface area (Å²) in [6.45, 7) is 0.374. The van der Waals surface area contributed by atoms with Crippen LogP contribution in [-0.4, -0.2) is 71.1 Å². The Morgan fingerprint density at radius 1 is 0.913 bits per heavy atom. The summed E-state index contributed by atoms with van der Waals surface area (Å²) in [6, 6.07) is 15.6. The van der Waals surface area contributed by atoms with Gasteiger partial charge in [-0.05, 0) is 74.6 Å². The number of benzene rings is 3. The van der Waals surface area contributed by atoms with Crippen molar-refractivity contribution in [1.29, 1.82) is 0 Å². The molecule has 0 spiro atoms. The van der Waals surface area contributed by atoms with E-state index >= 15 is 4.39 Å². The van der Waals surface area contributed by atoms with E-state index in [9.17, 15) is 14.4 Å². The molecule has 13 heteroatoms. The summed E-state index contributed by atoms with van der Waals surface area (Å²) in [5, 5.41) is 15.2. The Labute approximate surface area is 291 Å². The summed E-state index contributed by atoms with van der Waals surface area (Å²) < 4.78 is 32.5. The molecule has 0 atom stereocenters. The van der Waals surface area contributed by atoms with Crippen molar-refractivity contribution in [2.75, 3.05) is 24.4 Å². The van der Waals surface area contributed by atoms with Gasteiger partial charge in [0.2, 0.25) is 11.8 Å². The van der Waals surface area contributed by atoms with E-state index in [1.165, 1.54) is 25.4 Å². The van der Waals surface area contributed by atoms with Gasteiger partial charge in [-0.1, -0.05) is 17.7 Å². The van der Waals surface area contributed by atoms with Gasteiger partial charge in [0, 0.05) is 46.5 Å². The maximum atomic E-state index is 15.2. The third-order valence-electron chi connectivity index (χ3n) is 7.39. The van der Waals surface area contributed by atoms with E-state index in [2.05, 4.69) is 15.6 Å². The molecule has 0 radical (unpaired) electrons. The molecule has 3 N–H and O–H groups in total. The maximum absolute atomic E-state index is 15.2. The van der Waals surface area contributed by atoms with Gasteiger partial charge in [-0.15, -0.1) is 0 Å². The number of carbonyl (C=O) groups is 3. The van der Waals surface area contributed by atoms with Crippen molar-refractivity contribution in [2.24, 2.45) is 5.41 Å². The number of anilines is 2. The molecule has 1 aromatic heterocycles. The van der Waals surface area contributed by atoms with E-state index in [-0.39, 0.29) is 47.4 Å². The Kier molecular flexibility index (Phi) is 11.9. The van der Waals surface area contributed by atoms with Crippen LogP contribution in [0, 0.1) is 11.2 Å². The van der Waals surface area contributed by atoms with Crippen molar-refractivity contribution in [1.82, 2.24) is 4.98 Å². The van der Waals surface area contributed by atoms with Gasteiger partial charge in [-0.3, -0.25) is 19.4 Å². The topological polar surface area (TPSA) is 136 Å². The number of rotatable bonds is 14. The number of aromatic nitrogens is 1. The number of ether oxygens (including phenoxy) is 3. The van der Waals surface area contributed by atoms with E-state index in [1.54, 1.807) is 42.5 Å². The standard InChI is InChI=1S/C33H31ClFN3O7.Na.H/c1-43-28-18-23-25(19-29(28)44-15-4-2-3-8-30(39)40)36-14-11-26(23)45-27-10-9-22(17-24(27)35)38-32(42)33(12-13-33)31(41)37-21-7-5-6-20(34)16-21;;/h5-7,9-11,14,16-19H,2-4,8,12-13,15H2,1H3,(H,37,41)(H,38,42)(H,39,40);;. The SMILES string of the molecule is COc1cc2c(Oc3ccc(NC(=O)C4(C(=O)Nc5cccc(Cl)c5)CC4)cc3F)ccnc2cc1OCCCCCC(=O)O.[NaH]. The number of hydrogen-bond donors (Lipinski definition) is 3. The van der Waals surface area contributed by atoms with E-state index in [0.29, 0.717) is 77.6 Å². The second kappa shape index (κ2) is 15.6. The Morgan fingerprint density at radius 2 is 1.65 bits per heavy atom. The van der Waals surface area contributed by atoms with Crippen LogP contribution in [0.2, 0.25) is 5.02 Å². The van der Waals surface area contributed by atoms with Gasteiger partial charge in [0.15, 0.2) is 23.1 Å². The predicted octanol–water partition coefficient (Wildman–Crippen LogP) is 6.56. The quantitative estimate of drug-likeness (QED) is 0.0787. The van der Waals surface area contributed by atoms with Crippen molar-refractivity contribution < 1.29 is 38.1 Å². The average molecular weight is 660 g/mol. The summed E-state index contributed by atoms with van der Waals surface area (Å²) in [6.07, 6.45) is 4.35. The van der Waals surface area contributed by atoms with Gasteiger partial charge in [0.25, 0.3) is 0 Å². The first-order valence-electron chi connectivity index (χ1n) is 14.4. The molecular formula is C33H32ClFN3NaO7. The first-order valence-corrected chi connectivity index (χ1v) is 14.7. The number of pyridine rings is 1. The average Bonchev–Trinajstić information content (AvgIpc) is 3.82. The zero-order valence-electron chi connectivity index (χ0n) is 24.4. The summed E-state index contributed by atoms with van der Waals surface area (Å²) in [7, 11) is 1.50. The summed E-state index contributed by atoms with van der Waals surface area (Å²) in [5.41, 5.74) is -0.0534. The van der Waals surface area contributed by atoms with Crippen LogP contribution in [0.25, 0.3) is 10.9 Å². The number of carbonyl (C=O) groups excluding carboxylic acids is 2. The van der Waals surface area contributed by atoms with Crippen LogP contribution in [0.4, 0.5) is 15.8 Å². The number of methoxy groups -OCH3 is 1. The van der Waals surface area contributed by atoms with Crippen molar-refractivity contribution in [2.45, 2.75) is 38.5 Å². The molecule has 4 aromatic rings. The number of carboxylic acid groups (broad SMARTS) is 1. The molecule has 46 heavy (non-hydrogen) atoms. The molecule has 1 heterocycles. The third-order valence-corrected chi connectivity index (χ3v) is 7.63. The molecular weight excluding hydrogens is 628 g/mol. The number of fused-ring (bicyclic) bond motifs is 1. The van der Waals surface area contributed by atoms with Crippen molar-refractivity contribution in [3.8, 4) is 23.0 Å². The molecule has 1 fully saturated rings. The van der Waals surface area contributed by atoms with Crippen LogP contribution in [0.15, 0.2) is 66.9 Å². The van der Waals surface area contributed by atoms with Crippen molar-refractivity contribution in [3.63, 3.8) is 0 Å². The number of hydrogen-bond acceptors (Lipinski definition) is 7. The molecule has 1 aliphatic carbocycles. The van der Waals surface area contributed by atoms with Gasteiger partial charge in [0.05, 0.1) is 19.2 Å². The molecule has 10 nitrogen and oxygen atoms in total. The van der Waals surface area contributed by atoms with Crippen LogP contribution in [-0.2, 0) is 14.4 Å². The molecule has 1 aliphatic rings. The molecule has 5 rings (SSSR count). The van der Waals surface area contributed by atoms with Crippen LogP contribution >= 0.6 is 11.6 Å². The number of halogens is 2. The zero-order chi connectivity index (χ0) is 32.0. The molecule has 236 valence electrons. The van der Waals surface area contributed by atoms with Gasteiger partial charge in [-0.25, -0.2) is 4.39 Å². The van der Waals surface area contributed by atoms with Gasteiger partial charge >= 0.3 is 35.5 Å². The molecule has 3 aromatic carbocycles. The first-order chi connectivity index (χ1) is 21.7. The minimum atomic E-state index is -1.24. The van der Waals surface area contributed by atoms with Gasteiger partial charge < -0.3 is 30.0 Å². The minimum absolute atomic E-state index is 0. The first kappa shape index (κ1) is 35.0. The summed E-state index contributed by atoms with van der Waals surface area (Å²) in [5.74, 6) is -1.39. The second-order valence-electron chi connectivity index (χ2n) is 10.6. The fourth-order valence-electron chi connectivity index (χ4n) is 4.76. The van der Waals surface area contributed by atoms with Crippen molar-refractivity contribution >= 4 is 81.2 Å². The summed E-state index contributed by atoms with van der Waals surface area (Å²) in [4.78, 5) is 41.0. The van der Waals surface area contributed by atoms with Crippen molar-refractivity contribution in [3.05, 3.63) is 77.7 Å². The number of unbranched alkanes of at least 4 members (excludes halogenated alkanes) is 2. The molecule has 0 aliphatic heterocycles. The van der Waals surface area contributed by atoms with E-state index in [1.807, 2.05) is 0 Å². The number of amides is 2. The van der Waals surface area contributed by atoms with E-state index < -0.39 is 29.0 Å². The molecule has 0 unspecified atom stereocenters. The van der Waals surface area contributed by atoms with Crippen LogP contribution < -0.4 is 24.8 Å². The van der Waals surface area contributed by atoms with Gasteiger partial charge in [0.1, 0.15) is 11.2 Å². The number of nitrogens with one attached hydrogen (secondary N) is 2. The Bertz CT molecular complexity index is 1750. The Hall–Kier alpha value is -3.90. The summed E-state index contributed by atoms with van der Waals surface area (Å²) >= 11 is 5.99. The van der Waals surface area contributed by atoms with Crippen LogP contribution in [0.3, 0.4) is 0 Å². The molecule has 2 amide bonds. The predicted molar refractivity (Wildman–Crippen MR) is 174 cm³/mol. The van der Waals surface area contributed by atoms with Gasteiger partial charge in [-0.2, -0.15) is 0 Å². The molecule has 0 saturated heterocycles. The number of nitrogens with zero attached hydrogens (tertiary/aromatic N) is 1. The Morgan fingerprint density at radius 3 is 2.30 bits per heavy atom. The zero-order valence-corrected chi connectivity index (χ0v) is 25.2. The fraction of sp³-hybridized carbons (Fsp3) is 0.273. The van der Waals surface area contributed by atoms with E-state index in [0.717, 1.165) is 6.07 Å². The second-order valence-corrected chi connectivity index (χ2v) is 11.1. The number of carboxylic acids is 1. The third kappa shape index (κ3) is 8.47. The molecule has 0 bridgehead atoms. The monoisotopic (exact) mass is 659 g/mol. The van der Waals surface area contributed by atoms with E-state index in [4.69, 9.17) is 30.9 Å². The Balaban J connectivity index is 0.00000480. The normalized spacial score (nSPS) is 12.8.